The standard InChI is InChI=1S/C24H30BrNO5S/c1-3-5-12-24(4-2)16-26(18-9-7-6-8-10-18)20-14-19(25)21(31-13-11-23(27)28)15-22(20)32(29,30)17-24/h6-11,13-15,29-30H,3-5,12,16-17H2,1-2H3,(H,27,28). The Kier molecular flexibility index (Phi) is 7.92. The van der Waals surface area contributed by atoms with E-state index in [-0.39, 0.29) is 11.2 Å². The highest BCUT2D eigenvalue weighted by Crippen LogP contribution is 2.61. The van der Waals surface area contributed by atoms with Gasteiger partial charge < -0.3 is 14.7 Å². The molecule has 6 nitrogen and oxygen atoms in total. The average Bonchev–Trinajstić information content (AvgIpc) is 2.85. The predicted octanol–water partition coefficient (Wildman–Crippen LogP) is 7.27. The van der Waals surface area contributed by atoms with Crippen LogP contribution in [0.2, 0.25) is 0 Å². The summed E-state index contributed by atoms with van der Waals surface area (Å²) in [5.74, 6) is -0.523. The summed E-state index contributed by atoms with van der Waals surface area (Å²) in [5, 5.41) is 8.83. The lowest BCUT2D eigenvalue weighted by atomic mass is 9.81. The van der Waals surface area contributed by atoms with Crippen molar-refractivity contribution in [2.75, 3.05) is 17.2 Å². The van der Waals surface area contributed by atoms with Crippen LogP contribution in [0.5, 0.6) is 5.75 Å². The van der Waals surface area contributed by atoms with Crippen molar-refractivity contribution in [3.05, 3.63) is 59.3 Å². The third-order valence-electron chi connectivity index (χ3n) is 5.94. The smallest absolute Gasteiger partial charge is 0.331 e. The molecule has 3 N–H and O–H groups in total. The van der Waals surface area contributed by atoms with E-state index in [1.807, 2.05) is 36.4 Å². The molecule has 8 heteroatoms. The quantitative estimate of drug-likeness (QED) is 0.249. The van der Waals surface area contributed by atoms with Crippen LogP contribution in [0.3, 0.4) is 0 Å². The molecule has 1 aliphatic rings. The Morgan fingerprint density at radius 2 is 1.97 bits per heavy atom. The second-order valence-electron chi connectivity index (χ2n) is 8.20. The fraction of sp³-hybridized carbons (Fsp3) is 0.375. The SMILES string of the molecule is CCCCC1(CC)CN(c2ccccc2)c2cc(Br)c(OC=CC(=O)O)cc2S(O)(O)C1. The molecule has 2 aromatic rings. The van der Waals surface area contributed by atoms with E-state index in [1.165, 1.54) is 0 Å². The van der Waals surface area contributed by atoms with E-state index in [0.717, 1.165) is 43.7 Å². The number of anilines is 2. The zero-order chi connectivity index (χ0) is 23.4. The highest BCUT2D eigenvalue weighted by Gasteiger charge is 2.41. The van der Waals surface area contributed by atoms with Gasteiger partial charge in [-0.25, -0.2) is 4.79 Å². The highest BCUT2D eigenvalue weighted by molar-refractivity contribution is 9.10. The van der Waals surface area contributed by atoms with Crippen molar-refractivity contribution in [1.82, 2.24) is 0 Å². The number of aliphatic carboxylic acids is 1. The predicted molar refractivity (Wildman–Crippen MR) is 133 cm³/mol. The Morgan fingerprint density at radius 3 is 2.59 bits per heavy atom. The van der Waals surface area contributed by atoms with E-state index in [1.54, 1.807) is 6.07 Å². The van der Waals surface area contributed by atoms with Crippen molar-refractivity contribution in [3.63, 3.8) is 0 Å². The van der Waals surface area contributed by atoms with Crippen molar-refractivity contribution in [2.45, 2.75) is 44.4 Å². The number of halogens is 1. The third kappa shape index (κ3) is 5.49. The summed E-state index contributed by atoms with van der Waals surface area (Å²) in [6.45, 7) is 4.93. The molecule has 2 aromatic carbocycles. The van der Waals surface area contributed by atoms with Gasteiger partial charge in [-0.1, -0.05) is 44.9 Å². The van der Waals surface area contributed by atoms with E-state index in [4.69, 9.17) is 9.84 Å². The van der Waals surface area contributed by atoms with Gasteiger partial charge in [-0.2, -0.15) is 10.6 Å². The number of carboxylic acids is 1. The first-order chi connectivity index (χ1) is 15.2. The number of hydrogen-bond donors (Lipinski definition) is 3. The summed E-state index contributed by atoms with van der Waals surface area (Å²) >= 11 is 3.51. The number of rotatable bonds is 8. The van der Waals surface area contributed by atoms with Gasteiger partial charge in [0.05, 0.1) is 27.4 Å². The maximum absolute atomic E-state index is 11.4. The number of unbranched alkanes of at least 4 members (excludes halogenated alkanes) is 1. The van der Waals surface area contributed by atoms with Crippen LogP contribution < -0.4 is 9.64 Å². The Bertz CT molecular complexity index is 982. The number of ether oxygens (including phenoxy) is 1. The number of benzene rings is 2. The molecule has 32 heavy (non-hydrogen) atoms. The van der Waals surface area contributed by atoms with Crippen LogP contribution >= 0.6 is 26.5 Å². The Morgan fingerprint density at radius 1 is 1.25 bits per heavy atom. The molecule has 1 heterocycles. The molecule has 0 saturated heterocycles. The number of fused-ring (bicyclic) bond motifs is 1. The van der Waals surface area contributed by atoms with Crippen molar-refractivity contribution in [1.29, 1.82) is 0 Å². The summed E-state index contributed by atoms with van der Waals surface area (Å²) in [5.41, 5.74) is 1.43. The summed E-state index contributed by atoms with van der Waals surface area (Å²) in [6, 6.07) is 13.4. The number of carboxylic acid groups (broad SMARTS) is 1. The molecule has 3 rings (SSSR count). The molecule has 0 aromatic heterocycles. The van der Waals surface area contributed by atoms with Crippen molar-refractivity contribution < 1.29 is 23.7 Å². The molecule has 1 unspecified atom stereocenters. The van der Waals surface area contributed by atoms with Gasteiger partial charge in [-0.05, 0) is 47.0 Å². The van der Waals surface area contributed by atoms with Crippen molar-refractivity contribution in [3.8, 4) is 5.75 Å². The Hall–Kier alpha value is -2.00. The fourth-order valence-electron chi connectivity index (χ4n) is 4.16. The van der Waals surface area contributed by atoms with Gasteiger partial charge in [-0.15, -0.1) is 0 Å². The molecule has 0 saturated carbocycles. The second kappa shape index (κ2) is 10.3. The molecular weight excluding hydrogens is 494 g/mol. The first-order valence-electron chi connectivity index (χ1n) is 10.7. The second-order valence-corrected chi connectivity index (χ2v) is 11.1. The highest BCUT2D eigenvalue weighted by atomic mass is 79.9. The fourth-order valence-corrected chi connectivity index (χ4v) is 6.83. The minimum Gasteiger partial charge on any atom is -0.478 e. The molecule has 1 aliphatic heterocycles. The minimum absolute atomic E-state index is 0.263. The van der Waals surface area contributed by atoms with E-state index in [0.29, 0.717) is 27.3 Å². The molecule has 0 spiro atoms. The van der Waals surface area contributed by atoms with Gasteiger partial charge in [0, 0.05) is 29.5 Å². The van der Waals surface area contributed by atoms with Gasteiger partial charge >= 0.3 is 5.97 Å². The first kappa shape index (κ1) is 24.6. The summed E-state index contributed by atoms with van der Waals surface area (Å²) < 4.78 is 28.9. The maximum Gasteiger partial charge on any atom is 0.331 e. The van der Waals surface area contributed by atoms with Gasteiger partial charge in [0.2, 0.25) is 0 Å². The molecule has 0 aliphatic carbocycles. The van der Waals surface area contributed by atoms with Gasteiger partial charge in [0.1, 0.15) is 5.75 Å². The van der Waals surface area contributed by atoms with Gasteiger partial charge in [0.25, 0.3) is 0 Å². The van der Waals surface area contributed by atoms with Crippen LogP contribution in [0.15, 0.2) is 64.2 Å². The number of carbonyl (C=O) groups is 1. The lowest BCUT2D eigenvalue weighted by Gasteiger charge is -2.41. The summed E-state index contributed by atoms with van der Waals surface area (Å²) in [7, 11) is -3.13. The number of para-hydroxylation sites is 1. The Balaban J connectivity index is 2.16. The van der Waals surface area contributed by atoms with Gasteiger partial charge in [-0.3, -0.25) is 9.11 Å². The largest absolute Gasteiger partial charge is 0.478 e. The molecule has 1 atom stereocenters. The van der Waals surface area contributed by atoms with Crippen molar-refractivity contribution >= 4 is 43.9 Å². The van der Waals surface area contributed by atoms with Gasteiger partial charge in [0.15, 0.2) is 0 Å². The minimum atomic E-state index is -3.13. The number of nitrogens with zero attached hydrogens (tertiary/aromatic N) is 1. The van der Waals surface area contributed by atoms with E-state index in [2.05, 4.69) is 34.7 Å². The Labute approximate surface area is 199 Å². The van der Waals surface area contributed by atoms with E-state index >= 15 is 0 Å². The topological polar surface area (TPSA) is 90.2 Å². The van der Waals surface area contributed by atoms with E-state index < -0.39 is 16.6 Å². The van der Waals surface area contributed by atoms with Crippen LogP contribution in [0, 0.1) is 5.41 Å². The lowest BCUT2D eigenvalue weighted by Crippen LogP contribution is -2.37. The zero-order valence-electron chi connectivity index (χ0n) is 18.3. The molecule has 0 radical (unpaired) electrons. The summed E-state index contributed by atoms with van der Waals surface area (Å²) in [4.78, 5) is 13.4. The van der Waals surface area contributed by atoms with Crippen molar-refractivity contribution in [2.24, 2.45) is 5.41 Å². The van der Waals surface area contributed by atoms with Crippen LogP contribution in [0.1, 0.15) is 39.5 Å². The van der Waals surface area contributed by atoms with Crippen LogP contribution in [0.4, 0.5) is 11.4 Å². The monoisotopic (exact) mass is 523 g/mol. The molecule has 174 valence electrons. The summed E-state index contributed by atoms with van der Waals surface area (Å²) in [6.07, 6.45) is 5.74. The van der Waals surface area contributed by atoms with Crippen LogP contribution in [-0.2, 0) is 4.79 Å². The average molecular weight is 524 g/mol. The van der Waals surface area contributed by atoms with Crippen LogP contribution in [0.25, 0.3) is 0 Å². The normalized spacial score (nSPS) is 21.1. The van der Waals surface area contributed by atoms with E-state index in [9.17, 15) is 13.9 Å². The lowest BCUT2D eigenvalue weighted by molar-refractivity contribution is -0.131. The molecule has 0 amide bonds. The molecule has 0 bridgehead atoms. The molecule has 0 fully saturated rings. The maximum atomic E-state index is 11.4. The third-order valence-corrected chi connectivity index (χ3v) is 8.61. The zero-order valence-corrected chi connectivity index (χ0v) is 20.7. The number of hydrogen-bond acceptors (Lipinski definition) is 5. The van der Waals surface area contributed by atoms with Crippen LogP contribution in [-0.4, -0.2) is 32.5 Å². The molecular formula is C24H30BrNO5S. The first-order valence-corrected chi connectivity index (χ1v) is 13.2.